The Hall–Kier alpha value is -3.61. The first-order chi connectivity index (χ1) is 15.7. The lowest BCUT2D eigenvalue weighted by Crippen LogP contribution is -2.23. The molecule has 2 aromatic heterocycles. The highest BCUT2D eigenvalue weighted by molar-refractivity contribution is 5.94. The summed E-state index contributed by atoms with van der Waals surface area (Å²) in [5.74, 6) is 1.96. The minimum atomic E-state index is -0.173. The van der Waals surface area contributed by atoms with Crippen LogP contribution >= 0.6 is 0 Å². The summed E-state index contributed by atoms with van der Waals surface area (Å²) in [6.45, 7) is 5.29. The van der Waals surface area contributed by atoms with E-state index in [1.54, 1.807) is 30.6 Å². The summed E-state index contributed by atoms with van der Waals surface area (Å²) < 4.78 is 11.6. The van der Waals surface area contributed by atoms with Crippen molar-refractivity contribution in [3.05, 3.63) is 77.7 Å². The SMILES string of the molecule is CCOc1cc(C(=O)NCc2ccc(N3CCCC3)nc2)ccc1OCc1cccnc1. The molecule has 32 heavy (non-hydrogen) atoms. The van der Waals surface area contributed by atoms with Gasteiger partial charge in [-0.3, -0.25) is 9.78 Å². The van der Waals surface area contributed by atoms with Gasteiger partial charge in [-0.25, -0.2) is 4.98 Å². The highest BCUT2D eigenvalue weighted by Crippen LogP contribution is 2.29. The van der Waals surface area contributed by atoms with Crippen molar-refractivity contribution in [1.29, 1.82) is 0 Å². The molecule has 1 aliphatic heterocycles. The van der Waals surface area contributed by atoms with Gasteiger partial charge in [-0.05, 0) is 55.7 Å². The van der Waals surface area contributed by atoms with Crippen LogP contribution in [-0.2, 0) is 13.2 Å². The number of carbonyl (C=O) groups is 1. The molecule has 0 atom stereocenters. The van der Waals surface area contributed by atoms with Gasteiger partial charge in [0.05, 0.1) is 6.61 Å². The standard InChI is InChI=1S/C25H28N4O3/c1-2-31-23-14-21(8-9-22(23)32-18-20-6-5-11-26-15-20)25(30)28-17-19-7-10-24(27-16-19)29-12-3-4-13-29/h5-11,14-16H,2-4,12-13,17-18H2,1H3,(H,28,30). The monoisotopic (exact) mass is 432 g/mol. The molecule has 1 aromatic carbocycles. The maximum Gasteiger partial charge on any atom is 0.251 e. The van der Waals surface area contributed by atoms with Crippen molar-refractivity contribution in [2.75, 3.05) is 24.6 Å². The minimum Gasteiger partial charge on any atom is -0.490 e. The molecular formula is C25H28N4O3. The third-order valence-corrected chi connectivity index (χ3v) is 5.32. The molecule has 0 saturated carbocycles. The molecule has 0 spiro atoms. The zero-order valence-corrected chi connectivity index (χ0v) is 18.3. The highest BCUT2D eigenvalue weighted by atomic mass is 16.5. The van der Waals surface area contributed by atoms with Crippen LogP contribution in [0.1, 0.15) is 41.3 Å². The summed E-state index contributed by atoms with van der Waals surface area (Å²) in [5.41, 5.74) is 2.44. The maximum absolute atomic E-state index is 12.7. The summed E-state index contributed by atoms with van der Waals surface area (Å²) in [7, 11) is 0. The molecule has 0 unspecified atom stereocenters. The van der Waals surface area contributed by atoms with Gasteiger partial charge < -0.3 is 19.7 Å². The van der Waals surface area contributed by atoms with Crippen molar-refractivity contribution < 1.29 is 14.3 Å². The molecule has 1 aliphatic rings. The van der Waals surface area contributed by atoms with E-state index in [0.717, 1.165) is 30.0 Å². The molecule has 7 heteroatoms. The van der Waals surface area contributed by atoms with E-state index in [1.807, 2.05) is 37.4 Å². The minimum absolute atomic E-state index is 0.173. The fourth-order valence-corrected chi connectivity index (χ4v) is 3.62. The van der Waals surface area contributed by atoms with E-state index in [4.69, 9.17) is 9.47 Å². The van der Waals surface area contributed by atoms with E-state index >= 15 is 0 Å². The summed E-state index contributed by atoms with van der Waals surface area (Å²) in [4.78, 5) is 23.6. The van der Waals surface area contributed by atoms with Crippen LogP contribution in [0.3, 0.4) is 0 Å². The van der Waals surface area contributed by atoms with E-state index in [2.05, 4.69) is 20.2 Å². The van der Waals surface area contributed by atoms with Gasteiger partial charge in [-0.1, -0.05) is 12.1 Å². The zero-order chi connectivity index (χ0) is 22.2. The third kappa shape index (κ3) is 5.55. The normalized spacial score (nSPS) is 13.1. The molecule has 0 bridgehead atoms. The first-order valence-corrected chi connectivity index (χ1v) is 11.0. The summed E-state index contributed by atoms with van der Waals surface area (Å²) in [5, 5.41) is 2.95. The average molecular weight is 433 g/mol. The van der Waals surface area contributed by atoms with Crippen LogP contribution in [0.15, 0.2) is 61.1 Å². The second-order valence-electron chi connectivity index (χ2n) is 7.65. The average Bonchev–Trinajstić information content (AvgIpc) is 3.38. The largest absolute Gasteiger partial charge is 0.490 e. The van der Waals surface area contributed by atoms with Crippen molar-refractivity contribution in [1.82, 2.24) is 15.3 Å². The van der Waals surface area contributed by atoms with Crippen molar-refractivity contribution >= 4 is 11.7 Å². The lowest BCUT2D eigenvalue weighted by atomic mass is 10.1. The molecule has 4 rings (SSSR count). The van der Waals surface area contributed by atoms with Crippen LogP contribution in [0.25, 0.3) is 0 Å². The first kappa shape index (κ1) is 21.6. The molecule has 166 valence electrons. The number of nitrogens with one attached hydrogen (secondary N) is 1. The van der Waals surface area contributed by atoms with Gasteiger partial charge in [0.1, 0.15) is 12.4 Å². The van der Waals surface area contributed by atoms with Crippen LogP contribution in [-0.4, -0.2) is 35.6 Å². The predicted molar refractivity (Wildman–Crippen MR) is 123 cm³/mol. The Bertz CT molecular complexity index is 1020. The Morgan fingerprint density at radius 3 is 2.62 bits per heavy atom. The lowest BCUT2D eigenvalue weighted by Gasteiger charge is -2.16. The van der Waals surface area contributed by atoms with Gasteiger partial charge in [0, 0.05) is 49.4 Å². The van der Waals surface area contributed by atoms with Crippen molar-refractivity contribution in [2.45, 2.75) is 32.9 Å². The number of amides is 1. The fourth-order valence-electron chi connectivity index (χ4n) is 3.62. The molecule has 1 saturated heterocycles. The molecule has 1 fully saturated rings. The smallest absolute Gasteiger partial charge is 0.251 e. The van der Waals surface area contributed by atoms with Gasteiger partial charge in [0.2, 0.25) is 0 Å². The number of aromatic nitrogens is 2. The van der Waals surface area contributed by atoms with E-state index in [-0.39, 0.29) is 5.91 Å². The first-order valence-electron chi connectivity index (χ1n) is 11.0. The number of anilines is 1. The molecule has 1 amide bonds. The van der Waals surface area contributed by atoms with E-state index in [1.165, 1.54) is 12.8 Å². The predicted octanol–water partition coefficient (Wildman–Crippen LogP) is 3.98. The van der Waals surface area contributed by atoms with Gasteiger partial charge in [0.25, 0.3) is 5.91 Å². The van der Waals surface area contributed by atoms with Crippen molar-refractivity contribution in [3.63, 3.8) is 0 Å². The molecule has 3 aromatic rings. The van der Waals surface area contributed by atoms with Gasteiger partial charge in [-0.2, -0.15) is 0 Å². The van der Waals surface area contributed by atoms with E-state index in [9.17, 15) is 4.79 Å². The number of hydrogen-bond donors (Lipinski definition) is 1. The fraction of sp³-hybridized carbons (Fsp3) is 0.320. The van der Waals surface area contributed by atoms with Crippen LogP contribution < -0.4 is 19.7 Å². The van der Waals surface area contributed by atoms with Crippen molar-refractivity contribution in [2.24, 2.45) is 0 Å². The Balaban J connectivity index is 1.36. The Labute approximate surface area is 188 Å². The summed E-state index contributed by atoms with van der Waals surface area (Å²) in [6, 6.07) is 13.1. The second-order valence-corrected chi connectivity index (χ2v) is 7.65. The van der Waals surface area contributed by atoms with Crippen LogP contribution in [0.5, 0.6) is 11.5 Å². The number of pyridine rings is 2. The number of benzene rings is 1. The topological polar surface area (TPSA) is 76.6 Å². The number of nitrogens with zero attached hydrogens (tertiary/aromatic N) is 3. The van der Waals surface area contributed by atoms with Crippen LogP contribution in [0.4, 0.5) is 5.82 Å². The Morgan fingerprint density at radius 2 is 1.91 bits per heavy atom. The molecule has 3 heterocycles. The zero-order valence-electron chi connectivity index (χ0n) is 18.3. The quantitative estimate of drug-likeness (QED) is 0.551. The third-order valence-electron chi connectivity index (χ3n) is 5.32. The van der Waals surface area contributed by atoms with Crippen LogP contribution in [0.2, 0.25) is 0 Å². The number of ether oxygens (including phenoxy) is 2. The highest BCUT2D eigenvalue weighted by Gasteiger charge is 2.14. The second kappa shape index (κ2) is 10.6. The van der Waals surface area contributed by atoms with Crippen molar-refractivity contribution in [3.8, 4) is 11.5 Å². The molecule has 7 nitrogen and oxygen atoms in total. The number of hydrogen-bond acceptors (Lipinski definition) is 6. The number of carbonyl (C=O) groups excluding carboxylic acids is 1. The van der Waals surface area contributed by atoms with Gasteiger partial charge in [0.15, 0.2) is 11.5 Å². The maximum atomic E-state index is 12.7. The van der Waals surface area contributed by atoms with Gasteiger partial charge in [-0.15, -0.1) is 0 Å². The molecule has 0 radical (unpaired) electrons. The van der Waals surface area contributed by atoms with E-state index in [0.29, 0.717) is 36.8 Å². The van der Waals surface area contributed by atoms with Crippen LogP contribution in [0, 0.1) is 0 Å². The summed E-state index contributed by atoms with van der Waals surface area (Å²) >= 11 is 0. The molecule has 1 N–H and O–H groups in total. The number of rotatable bonds is 9. The molecule has 0 aliphatic carbocycles. The Kier molecular flexibility index (Phi) is 7.17. The molecular weight excluding hydrogens is 404 g/mol. The van der Waals surface area contributed by atoms with Gasteiger partial charge >= 0.3 is 0 Å². The lowest BCUT2D eigenvalue weighted by molar-refractivity contribution is 0.0950. The van der Waals surface area contributed by atoms with E-state index < -0.39 is 0 Å². The summed E-state index contributed by atoms with van der Waals surface area (Å²) in [6.07, 6.45) is 7.75. The Morgan fingerprint density at radius 1 is 1.03 bits per heavy atom.